The predicted molar refractivity (Wildman–Crippen MR) is 64.6 cm³/mol. The fraction of sp³-hybridized carbons (Fsp3) is 0.231. The van der Waals surface area contributed by atoms with E-state index in [2.05, 4.69) is 5.10 Å². The maximum Gasteiger partial charge on any atom is 0.312 e. The van der Waals surface area contributed by atoms with Gasteiger partial charge in [-0.15, -0.1) is 5.10 Å². The Hall–Kier alpha value is -2.10. The molecule has 0 N–H and O–H groups in total. The van der Waals surface area contributed by atoms with Crippen molar-refractivity contribution in [3.8, 4) is 17.1 Å². The van der Waals surface area contributed by atoms with Gasteiger partial charge in [0.05, 0.1) is 5.69 Å². The Kier molecular flexibility index (Phi) is 3.23. The number of ether oxygens (including phenoxy) is 1. The number of carbonyl (C=O) groups is 1. The van der Waals surface area contributed by atoms with Crippen LogP contribution < -0.4 is 4.74 Å². The zero-order valence-electron chi connectivity index (χ0n) is 9.88. The van der Waals surface area contributed by atoms with E-state index in [0.717, 1.165) is 11.3 Å². The zero-order valence-corrected chi connectivity index (χ0v) is 9.88. The fourth-order valence-corrected chi connectivity index (χ4v) is 1.56. The third-order valence-electron chi connectivity index (χ3n) is 2.43. The van der Waals surface area contributed by atoms with Crippen molar-refractivity contribution in [2.75, 3.05) is 0 Å². The lowest BCUT2D eigenvalue weighted by Gasteiger charge is -1.99. The van der Waals surface area contributed by atoms with Gasteiger partial charge in [-0.3, -0.25) is 9.48 Å². The summed E-state index contributed by atoms with van der Waals surface area (Å²) < 4.78 is 6.78. The van der Waals surface area contributed by atoms with Crippen LogP contribution in [0.2, 0.25) is 0 Å². The van der Waals surface area contributed by atoms with E-state index in [4.69, 9.17) is 4.74 Å². The van der Waals surface area contributed by atoms with Gasteiger partial charge in [0.25, 0.3) is 0 Å². The van der Waals surface area contributed by atoms with Gasteiger partial charge >= 0.3 is 5.97 Å². The van der Waals surface area contributed by atoms with E-state index >= 15 is 0 Å². The summed E-state index contributed by atoms with van der Waals surface area (Å²) in [6.07, 6.45) is 0.344. The van der Waals surface area contributed by atoms with Gasteiger partial charge in [-0.1, -0.05) is 37.3 Å². The van der Waals surface area contributed by atoms with E-state index in [1.807, 2.05) is 37.4 Å². The molecule has 17 heavy (non-hydrogen) atoms. The highest BCUT2D eigenvalue weighted by Crippen LogP contribution is 2.22. The molecule has 2 rings (SSSR count). The summed E-state index contributed by atoms with van der Waals surface area (Å²) in [5.41, 5.74) is 1.96. The second-order valence-corrected chi connectivity index (χ2v) is 3.69. The minimum absolute atomic E-state index is 0.275. The molecule has 0 saturated carbocycles. The number of hydrogen-bond donors (Lipinski definition) is 0. The summed E-state index contributed by atoms with van der Waals surface area (Å²) in [4.78, 5) is 11.2. The Bertz CT molecular complexity index is 517. The summed E-state index contributed by atoms with van der Waals surface area (Å²) in [6, 6.07) is 11.6. The Balaban J connectivity index is 2.28. The largest absolute Gasteiger partial charge is 0.406 e. The highest BCUT2D eigenvalue weighted by Gasteiger charge is 2.10. The van der Waals surface area contributed by atoms with E-state index in [0.29, 0.717) is 12.3 Å². The van der Waals surface area contributed by atoms with Crippen molar-refractivity contribution in [3.05, 3.63) is 36.4 Å². The molecule has 88 valence electrons. The van der Waals surface area contributed by atoms with Gasteiger partial charge < -0.3 is 4.74 Å². The van der Waals surface area contributed by atoms with E-state index in [1.165, 1.54) is 0 Å². The van der Waals surface area contributed by atoms with Crippen molar-refractivity contribution in [1.82, 2.24) is 9.78 Å². The fourth-order valence-electron chi connectivity index (χ4n) is 1.56. The van der Waals surface area contributed by atoms with Crippen LogP contribution in [0.1, 0.15) is 13.3 Å². The molecule has 0 saturated heterocycles. The average Bonchev–Trinajstić information content (AvgIpc) is 2.71. The number of benzene rings is 1. The van der Waals surface area contributed by atoms with Crippen LogP contribution in [0.15, 0.2) is 36.4 Å². The molecule has 0 bridgehead atoms. The maximum atomic E-state index is 11.2. The molecule has 0 aliphatic carbocycles. The number of aryl methyl sites for hydroxylation is 1. The van der Waals surface area contributed by atoms with Gasteiger partial charge in [0.15, 0.2) is 0 Å². The van der Waals surface area contributed by atoms with Gasteiger partial charge in [-0.05, 0) is 5.56 Å². The van der Waals surface area contributed by atoms with Crippen molar-refractivity contribution in [1.29, 1.82) is 0 Å². The van der Waals surface area contributed by atoms with Crippen LogP contribution >= 0.6 is 0 Å². The lowest BCUT2D eigenvalue weighted by Crippen LogP contribution is -2.06. The van der Waals surface area contributed by atoms with Crippen molar-refractivity contribution in [2.24, 2.45) is 7.05 Å². The van der Waals surface area contributed by atoms with Gasteiger partial charge in [0, 0.05) is 19.5 Å². The van der Waals surface area contributed by atoms with E-state index in [1.54, 1.807) is 17.7 Å². The monoisotopic (exact) mass is 230 g/mol. The molecule has 0 aliphatic heterocycles. The first-order valence-corrected chi connectivity index (χ1v) is 5.51. The second-order valence-electron chi connectivity index (χ2n) is 3.69. The highest BCUT2D eigenvalue weighted by molar-refractivity contribution is 5.72. The van der Waals surface area contributed by atoms with Gasteiger partial charge in [0.2, 0.25) is 5.88 Å². The molecule has 0 radical (unpaired) electrons. The minimum Gasteiger partial charge on any atom is -0.406 e. The van der Waals surface area contributed by atoms with Crippen LogP contribution in [0.5, 0.6) is 5.88 Å². The van der Waals surface area contributed by atoms with Gasteiger partial charge in [-0.25, -0.2) is 0 Å². The first kappa shape index (κ1) is 11.4. The van der Waals surface area contributed by atoms with Crippen LogP contribution in [-0.2, 0) is 11.8 Å². The molecular weight excluding hydrogens is 216 g/mol. The number of hydrogen-bond acceptors (Lipinski definition) is 3. The topological polar surface area (TPSA) is 44.1 Å². The average molecular weight is 230 g/mol. The van der Waals surface area contributed by atoms with Crippen molar-refractivity contribution in [2.45, 2.75) is 13.3 Å². The van der Waals surface area contributed by atoms with Crippen LogP contribution in [-0.4, -0.2) is 15.7 Å². The molecule has 0 atom stereocenters. The Morgan fingerprint density at radius 2 is 2.06 bits per heavy atom. The molecule has 4 nitrogen and oxygen atoms in total. The normalized spacial score (nSPS) is 10.2. The molecule has 2 aromatic rings. The molecule has 0 amide bonds. The maximum absolute atomic E-state index is 11.2. The first-order chi connectivity index (χ1) is 8.20. The first-order valence-electron chi connectivity index (χ1n) is 5.51. The van der Waals surface area contributed by atoms with Crippen LogP contribution in [0.3, 0.4) is 0 Å². The third kappa shape index (κ3) is 2.53. The SMILES string of the molecule is CCC(=O)Oc1cc(-c2ccccc2)n(C)n1. The third-order valence-corrected chi connectivity index (χ3v) is 2.43. The molecule has 1 aromatic carbocycles. The number of carbonyl (C=O) groups excluding carboxylic acids is 1. The quantitative estimate of drug-likeness (QED) is 0.760. The Morgan fingerprint density at radius 1 is 1.35 bits per heavy atom. The summed E-state index contributed by atoms with van der Waals surface area (Å²) >= 11 is 0. The van der Waals surface area contributed by atoms with E-state index < -0.39 is 0 Å². The Morgan fingerprint density at radius 3 is 2.71 bits per heavy atom. The van der Waals surface area contributed by atoms with Crippen molar-refractivity contribution in [3.63, 3.8) is 0 Å². The molecule has 0 unspecified atom stereocenters. The van der Waals surface area contributed by atoms with Crippen LogP contribution in [0, 0.1) is 0 Å². The molecule has 1 heterocycles. The lowest BCUT2D eigenvalue weighted by molar-refractivity contribution is -0.134. The van der Waals surface area contributed by atoms with Gasteiger partial charge in [-0.2, -0.15) is 0 Å². The number of aromatic nitrogens is 2. The summed E-state index contributed by atoms with van der Waals surface area (Å²) in [5.74, 6) is 0.0703. The molecular formula is C13H14N2O2. The van der Waals surface area contributed by atoms with E-state index in [9.17, 15) is 4.79 Å². The Labute approximate surface area is 99.8 Å². The number of rotatable bonds is 3. The van der Waals surface area contributed by atoms with Gasteiger partial charge in [0.1, 0.15) is 0 Å². The standard InChI is InChI=1S/C13H14N2O2/c1-3-13(16)17-12-9-11(15(2)14-12)10-7-5-4-6-8-10/h4-9H,3H2,1-2H3. The highest BCUT2D eigenvalue weighted by atomic mass is 16.5. The summed E-state index contributed by atoms with van der Waals surface area (Å²) in [7, 11) is 1.83. The van der Waals surface area contributed by atoms with Crippen LogP contribution in [0.25, 0.3) is 11.3 Å². The molecule has 0 fully saturated rings. The molecule has 4 heteroatoms. The molecule has 1 aromatic heterocycles. The zero-order chi connectivity index (χ0) is 12.3. The minimum atomic E-state index is -0.275. The van der Waals surface area contributed by atoms with E-state index in [-0.39, 0.29) is 5.97 Å². The summed E-state index contributed by atoms with van der Waals surface area (Å²) in [5, 5.41) is 4.15. The summed E-state index contributed by atoms with van der Waals surface area (Å²) in [6.45, 7) is 1.75. The number of nitrogens with zero attached hydrogens (tertiary/aromatic N) is 2. The second kappa shape index (κ2) is 4.82. The number of esters is 1. The smallest absolute Gasteiger partial charge is 0.312 e. The predicted octanol–water partition coefficient (Wildman–Crippen LogP) is 2.40. The van der Waals surface area contributed by atoms with Crippen LogP contribution in [0.4, 0.5) is 0 Å². The molecule has 0 spiro atoms. The lowest BCUT2D eigenvalue weighted by atomic mass is 10.1. The van der Waals surface area contributed by atoms with Crippen molar-refractivity contribution < 1.29 is 9.53 Å². The van der Waals surface area contributed by atoms with Crippen molar-refractivity contribution >= 4 is 5.97 Å². The molecule has 0 aliphatic rings.